The van der Waals surface area contributed by atoms with Gasteiger partial charge >= 0.3 is 0 Å². The van der Waals surface area contributed by atoms with E-state index in [4.69, 9.17) is 27.9 Å². The fourth-order valence-corrected chi connectivity index (χ4v) is 4.08. The number of aliphatic hydroxyl groups excluding tert-OH is 1. The third kappa shape index (κ3) is 4.69. The highest BCUT2D eigenvalue weighted by molar-refractivity contribution is 6.46. The number of halogens is 2. The van der Waals surface area contributed by atoms with Gasteiger partial charge in [0.05, 0.1) is 21.7 Å². The number of pyridine rings is 1. The maximum absolute atomic E-state index is 13.1. The Bertz CT molecular complexity index is 1270. The quantitative estimate of drug-likeness (QED) is 0.201. The molecule has 1 saturated heterocycles. The highest BCUT2D eigenvalue weighted by Crippen LogP contribution is 2.41. The highest BCUT2D eigenvalue weighted by atomic mass is 35.5. The number of ether oxygens (including phenoxy) is 1. The third-order valence-electron chi connectivity index (χ3n) is 5.40. The summed E-state index contributed by atoms with van der Waals surface area (Å²) in [4.78, 5) is 31.6. The van der Waals surface area contributed by atoms with Gasteiger partial charge in [0.15, 0.2) is 0 Å². The molecule has 8 heteroatoms. The molecule has 1 fully saturated rings. The number of rotatable bonds is 7. The van der Waals surface area contributed by atoms with Gasteiger partial charge in [-0.05, 0) is 59.7 Å². The number of carbonyl (C=O) groups excluding carboxylic acids is 2. The van der Waals surface area contributed by atoms with E-state index in [0.717, 1.165) is 5.56 Å². The van der Waals surface area contributed by atoms with Crippen LogP contribution in [0.2, 0.25) is 10.0 Å². The van der Waals surface area contributed by atoms with E-state index in [1.807, 2.05) is 0 Å². The molecular weight excluding hydrogens is 475 g/mol. The number of benzene rings is 2. The minimum atomic E-state index is -0.861. The minimum absolute atomic E-state index is 0.0304. The summed E-state index contributed by atoms with van der Waals surface area (Å²) in [6.45, 7) is 4.09. The molecule has 0 saturated carbocycles. The summed E-state index contributed by atoms with van der Waals surface area (Å²) in [5.41, 5.74) is 1.68. The molecule has 2 aromatic carbocycles. The van der Waals surface area contributed by atoms with Crippen molar-refractivity contribution in [3.8, 4) is 5.75 Å². The highest BCUT2D eigenvalue weighted by Gasteiger charge is 2.46. The number of ketones is 1. The zero-order chi connectivity index (χ0) is 24.2. The molecule has 1 aromatic heterocycles. The lowest BCUT2D eigenvalue weighted by atomic mass is 9.95. The summed E-state index contributed by atoms with van der Waals surface area (Å²) in [6.07, 6.45) is 4.83. The molecule has 1 aliphatic heterocycles. The Morgan fingerprint density at radius 3 is 2.41 bits per heavy atom. The first-order chi connectivity index (χ1) is 16.4. The van der Waals surface area contributed by atoms with E-state index in [-0.39, 0.29) is 22.9 Å². The van der Waals surface area contributed by atoms with Gasteiger partial charge in [0, 0.05) is 24.5 Å². The van der Waals surface area contributed by atoms with Crippen molar-refractivity contribution in [1.29, 1.82) is 0 Å². The number of hydrogen-bond acceptors (Lipinski definition) is 5. The summed E-state index contributed by atoms with van der Waals surface area (Å²) in [5.74, 6) is -1.22. The summed E-state index contributed by atoms with van der Waals surface area (Å²) < 4.78 is 5.47. The first-order valence-electron chi connectivity index (χ1n) is 10.4. The third-order valence-corrected chi connectivity index (χ3v) is 6.14. The van der Waals surface area contributed by atoms with E-state index in [2.05, 4.69) is 11.6 Å². The van der Waals surface area contributed by atoms with Gasteiger partial charge in [-0.3, -0.25) is 14.6 Å². The van der Waals surface area contributed by atoms with E-state index < -0.39 is 17.7 Å². The van der Waals surface area contributed by atoms with Gasteiger partial charge in [0.25, 0.3) is 11.7 Å². The number of amides is 1. The van der Waals surface area contributed by atoms with Crippen LogP contribution in [-0.4, -0.2) is 33.3 Å². The van der Waals surface area contributed by atoms with Gasteiger partial charge in [-0.25, -0.2) is 0 Å². The topological polar surface area (TPSA) is 79.7 Å². The smallest absolute Gasteiger partial charge is 0.295 e. The van der Waals surface area contributed by atoms with Gasteiger partial charge in [-0.15, -0.1) is 0 Å². The van der Waals surface area contributed by atoms with Crippen molar-refractivity contribution in [1.82, 2.24) is 9.88 Å². The minimum Gasteiger partial charge on any atom is -0.507 e. The summed E-state index contributed by atoms with van der Waals surface area (Å²) in [7, 11) is 0. The van der Waals surface area contributed by atoms with E-state index in [1.54, 1.807) is 73.1 Å². The Morgan fingerprint density at radius 2 is 1.76 bits per heavy atom. The number of Topliss-reactive ketones (excluding diaryl/α,β-unsaturated/α-hetero) is 1. The van der Waals surface area contributed by atoms with Crippen LogP contribution in [0.4, 0.5) is 0 Å². The molecule has 2 heterocycles. The molecule has 1 atom stereocenters. The van der Waals surface area contributed by atoms with Crippen molar-refractivity contribution in [2.75, 3.05) is 6.61 Å². The SMILES string of the molecule is C=CCOc1ccc(C(O)=C2C(=O)C(=O)N(Cc3ccncc3)C2c2ccc(Cl)c(Cl)c2)cc1. The van der Waals surface area contributed by atoms with Gasteiger partial charge in [0.1, 0.15) is 18.1 Å². The molecule has 1 aliphatic rings. The van der Waals surface area contributed by atoms with Gasteiger partial charge in [0.2, 0.25) is 0 Å². The first kappa shape index (κ1) is 23.5. The second-order valence-electron chi connectivity index (χ2n) is 7.58. The van der Waals surface area contributed by atoms with Gasteiger partial charge in [-0.2, -0.15) is 0 Å². The van der Waals surface area contributed by atoms with Crippen LogP contribution in [0, 0.1) is 0 Å². The number of hydrogen-bond donors (Lipinski definition) is 1. The van der Waals surface area contributed by atoms with Crippen LogP contribution < -0.4 is 4.74 Å². The molecule has 34 heavy (non-hydrogen) atoms. The fraction of sp³-hybridized carbons (Fsp3) is 0.115. The van der Waals surface area contributed by atoms with Crippen molar-refractivity contribution in [3.05, 3.63) is 112 Å². The summed E-state index contributed by atoms with van der Waals surface area (Å²) in [6, 6.07) is 14.1. The van der Waals surface area contributed by atoms with E-state index >= 15 is 0 Å². The lowest BCUT2D eigenvalue weighted by Crippen LogP contribution is -2.29. The molecule has 172 valence electrons. The van der Waals surface area contributed by atoms with E-state index in [1.165, 1.54) is 4.90 Å². The van der Waals surface area contributed by atoms with Crippen molar-refractivity contribution in [2.24, 2.45) is 0 Å². The van der Waals surface area contributed by atoms with Gasteiger partial charge < -0.3 is 14.7 Å². The molecule has 6 nitrogen and oxygen atoms in total. The standard InChI is InChI=1S/C26H20Cl2N2O4/c1-2-13-34-19-6-3-17(4-7-19)24(31)22-23(18-5-8-20(27)21(28)14-18)30(26(33)25(22)32)15-16-9-11-29-12-10-16/h2-12,14,23,31H,1,13,15H2. The number of carbonyl (C=O) groups is 2. The molecule has 3 aromatic rings. The number of likely N-dealkylation sites (tertiary alicyclic amines) is 1. The molecule has 0 spiro atoms. The van der Waals surface area contributed by atoms with Crippen LogP contribution in [0.1, 0.15) is 22.7 Å². The van der Waals surface area contributed by atoms with Gasteiger partial charge in [-0.1, -0.05) is 41.9 Å². The molecule has 1 N–H and O–H groups in total. The Balaban J connectivity index is 1.81. The van der Waals surface area contributed by atoms with Crippen molar-refractivity contribution < 1.29 is 19.4 Å². The molecule has 4 rings (SSSR count). The molecule has 0 aliphatic carbocycles. The Hall–Kier alpha value is -3.61. The normalized spacial score (nSPS) is 17.1. The second kappa shape index (κ2) is 10.1. The van der Waals surface area contributed by atoms with Crippen LogP contribution in [-0.2, 0) is 16.1 Å². The molecular formula is C26H20Cl2N2O4. The lowest BCUT2D eigenvalue weighted by molar-refractivity contribution is -0.140. The van der Waals surface area contributed by atoms with Crippen LogP contribution in [0.5, 0.6) is 5.75 Å². The summed E-state index contributed by atoms with van der Waals surface area (Å²) in [5, 5.41) is 11.8. The molecule has 0 radical (unpaired) electrons. The number of nitrogens with zero attached hydrogens (tertiary/aromatic N) is 2. The second-order valence-corrected chi connectivity index (χ2v) is 8.39. The monoisotopic (exact) mass is 494 g/mol. The first-order valence-corrected chi connectivity index (χ1v) is 11.1. The fourth-order valence-electron chi connectivity index (χ4n) is 3.78. The van der Waals surface area contributed by atoms with E-state index in [9.17, 15) is 14.7 Å². The number of aromatic nitrogens is 1. The maximum atomic E-state index is 13.1. The predicted molar refractivity (Wildman–Crippen MR) is 131 cm³/mol. The summed E-state index contributed by atoms with van der Waals surface area (Å²) >= 11 is 12.3. The van der Waals surface area contributed by atoms with E-state index in [0.29, 0.717) is 28.5 Å². The van der Waals surface area contributed by atoms with Crippen LogP contribution >= 0.6 is 23.2 Å². The average molecular weight is 495 g/mol. The molecule has 0 bridgehead atoms. The molecule has 1 amide bonds. The Kier molecular flexibility index (Phi) is 7.01. The Labute approximate surface area is 206 Å². The zero-order valence-electron chi connectivity index (χ0n) is 17.9. The van der Waals surface area contributed by atoms with Crippen LogP contribution in [0.3, 0.4) is 0 Å². The molecule has 1 unspecified atom stereocenters. The Morgan fingerprint density at radius 1 is 1.06 bits per heavy atom. The lowest BCUT2D eigenvalue weighted by Gasteiger charge is -2.25. The van der Waals surface area contributed by atoms with Crippen molar-refractivity contribution >= 4 is 40.7 Å². The largest absolute Gasteiger partial charge is 0.507 e. The van der Waals surface area contributed by atoms with Crippen LogP contribution in [0.15, 0.2) is 85.2 Å². The average Bonchev–Trinajstić information content (AvgIpc) is 3.10. The zero-order valence-corrected chi connectivity index (χ0v) is 19.5. The van der Waals surface area contributed by atoms with Crippen molar-refractivity contribution in [2.45, 2.75) is 12.6 Å². The maximum Gasteiger partial charge on any atom is 0.295 e. The van der Waals surface area contributed by atoms with Crippen LogP contribution in [0.25, 0.3) is 5.76 Å². The number of aliphatic hydroxyl groups is 1. The predicted octanol–water partition coefficient (Wildman–Crippen LogP) is 5.58. The van der Waals surface area contributed by atoms with Crippen molar-refractivity contribution in [3.63, 3.8) is 0 Å².